The third-order valence-corrected chi connectivity index (χ3v) is 2.63. The normalized spacial score (nSPS) is 10.5. The fourth-order valence-electron chi connectivity index (χ4n) is 1.49. The Kier molecular flexibility index (Phi) is 4.46. The number of nitrogens with one attached hydrogen (secondary N) is 2. The number of hydrogen-bond donors (Lipinski definition) is 2. The molecule has 0 saturated heterocycles. The van der Waals surface area contributed by atoms with Crippen molar-refractivity contribution in [1.82, 2.24) is 19.9 Å². The van der Waals surface area contributed by atoms with Crippen molar-refractivity contribution in [1.29, 1.82) is 0 Å². The fraction of sp³-hybridized carbons (Fsp3) is 0.364. The van der Waals surface area contributed by atoms with Gasteiger partial charge in [0.1, 0.15) is 5.52 Å². The van der Waals surface area contributed by atoms with Gasteiger partial charge in [-0.2, -0.15) is 9.97 Å². The van der Waals surface area contributed by atoms with Gasteiger partial charge in [0.15, 0.2) is 10.8 Å². The van der Waals surface area contributed by atoms with Gasteiger partial charge in [-0.3, -0.25) is 14.9 Å². The zero-order valence-corrected chi connectivity index (χ0v) is 11.4. The number of H-pyrrole nitrogens is 1. The number of halogens is 1. The summed E-state index contributed by atoms with van der Waals surface area (Å²) in [5.41, 5.74) is 0.849. The van der Waals surface area contributed by atoms with Crippen molar-refractivity contribution in [2.75, 3.05) is 11.9 Å². The molecule has 0 aliphatic carbocycles. The second-order valence-electron chi connectivity index (χ2n) is 3.79. The first-order valence-electron chi connectivity index (χ1n) is 5.92. The monoisotopic (exact) mass is 297 g/mol. The Labute approximate surface area is 118 Å². The molecule has 9 heteroatoms. The Morgan fingerprint density at radius 1 is 1.40 bits per heavy atom. The molecule has 8 nitrogen and oxygen atoms in total. The Morgan fingerprint density at radius 3 is 2.95 bits per heavy atom. The number of fused-ring (bicyclic) bond motifs is 1. The van der Waals surface area contributed by atoms with Gasteiger partial charge < -0.3 is 9.72 Å². The average molecular weight is 298 g/mol. The number of rotatable bonds is 5. The smallest absolute Gasteiger partial charge is 0.306 e. The zero-order chi connectivity index (χ0) is 14.5. The maximum absolute atomic E-state index is 11.6. The first kappa shape index (κ1) is 14.2. The summed E-state index contributed by atoms with van der Waals surface area (Å²) in [6, 6.07) is 0. The lowest BCUT2D eigenvalue weighted by Crippen LogP contribution is -2.16. The van der Waals surface area contributed by atoms with Gasteiger partial charge in [0.05, 0.1) is 19.4 Å². The number of hydrogen-bond acceptors (Lipinski definition) is 6. The highest BCUT2D eigenvalue weighted by Crippen LogP contribution is 2.18. The minimum absolute atomic E-state index is 0.00193. The lowest BCUT2D eigenvalue weighted by Gasteiger charge is -2.04. The minimum Gasteiger partial charge on any atom is -0.466 e. The molecular formula is C11H12ClN5O3. The van der Waals surface area contributed by atoms with Crippen LogP contribution in [0.5, 0.6) is 0 Å². The highest BCUT2D eigenvalue weighted by Gasteiger charge is 2.12. The summed E-state index contributed by atoms with van der Waals surface area (Å²) in [5, 5.41) is 2.62. The molecule has 0 bridgehead atoms. The van der Waals surface area contributed by atoms with E-state index >= 15 is 0 Å². The number of anilines is 1. The fourth-order valence-corrected chi connectivity index (χ4v) is 1.71. The van der Waals surface area contributed by atoms with Crippen molar-refractivity contribution >= 4 is 40.6 Å². The second-order valence-corrected chi connectivity index (χ2v) is 4.15. The van der Waals surface area contributed by atoms with Crippen molar-refractivity contribution in [2.24, 2.45) is 0 Å². The largest absolute Gasteiger partial charge is 0.466 e. The lowest BCUT2D eigenvalue weighted by molar-refractivity contribution is -0.144. The number of ether oxygens (including phenoxy) is 1. The number of aromatic amines is 1. The molecule has 2 rings (SSSR count). The van der Waals surface area contributed by atoms with Gasteiger partial charge in [0, 0.05) is 6.42 Å². The van der Waals surface area contributed by atoms with Crippen LogP contribution in [-0.2, 0) is 14.3 Å². The molecule has 2 heterocycles. The van der Waals surface area contributed by atoms with E-state index in [-0.39, 0.29) is 30.5 Å². The Bertz CT molecular complexity index is 642. The van der Waals surface area contributed by atoms with Gasteiger partial charge >= 0.3 is 5.97 Å². The molecular weight excluding hydrogens is 286 g/mol. The highest BCUT2D eigenvalue weighted by atomic mass is 35.5. The number of esters is 1. The summed E-state index contributed by atoms with van der Waals surface area (Å²) in [4.78, 5) is 37.4. The van der Waals surface area contributed by atoms with Crippen LogP contribution in [0.3, 0.4) is 0 Å². The molecule has 20 heavy (non-hydrogen) atoms. The number of amides is 1. The molecule has 0 fully saturated rings. The summed E-state index contributed by atoms with van der Waals surface area (Å²) in [6.07, 6.45) is 1.41. The van der Waals surface area contributed by atoms with E-state index in [1.165, 1.54) is 6.33 Å². The molecule has 2 aromatic heterocycles. The van der Waals surface area contributed by atoms with Crippen LogP contribution in [0.15, 0.2) is 6.33 Å². The molecule has 0 aliphatic heterocycles. The third-order valence-electron chi connectivity index (χ3n) is 2.35. The van der Waals surface area contributed by atoms with Crippen LogP contribution in [0.2, 0.25) is 5.15 Å². The Hall–Kier alpha value is -2.22. The summed E-state index contributed by atoms with van der Waals surface area (Å²) in [6.45, 7) is 1.99. The minimum atomic E-state index is -0.427. The second kappa shape index (κ2) is 6.29. The summed E-state index contributed by atoms with van der Waals surface area (Å²) in [5.74, 6) is -0.781. The van der Waals surface area contributed by atoms with Gasteiger partial charge in [0.25, 0.3) is 0 Å². The van der Waals surface area contributed by atoms with Crippen molar-refractivity contribution < 1.29 is 14.3 Å². The number of carbonyl (C=O) groups excluding carboxylic acids is 2. The van der Waals surface area contributed by atoms with Crippen LogP contribution >= 0.6 is 11.6 Å². The molecule has 0 unspecified atom stereocenters. The Morgan fingerprint density at radius 2 is 2.20 bits per heavy atom. The van der Waals surface area contributed by atoms with E-state index in [4.69, 9.17) is 16.3 Å². The topological polar surface area (TPSA) is 110 Å². The number of imidazole rings is 1. The van der Waals surface area contributed by atoms with E-state index in [9.17, 15) is 9.59 Å². The molecule has 0 aromatic carbocycles. The third kappa shape index (κ3) is 3.41. The molecule has 0 aliphatic rings. The van der Waals surface area contributed by atoms with Crippen LogP contribution in [0.1, 0.15) is 19.8 Å². The summed E-state index contributed by atoms with van der Waals surface area (Å²) in [7, 11) is 0. The molecule has 1 amide bonds. The number of aromatic nitrogens is 4. The van der Waals surface area contributed by atoms with E-state index < -0.39 is 11.9 Å². The van der Waals surface area contributed by atoms with Gasteiger partial charge in [-0.05, 0) is 6.92 Å². The summed E-state index contributed by atoms with van der Waals surface area (Å²) >= 11 is 5.91. The number of carbonyl (C=O) groups is 2. The van der Waals surface area contributed by atoms with E-state index in [1.807, 2.05) is 0 Å². The van der Waals surface area contributed by atoms with Crippen molar-refractivity contribution in [3.05, 3.63) is 11.5 Å². The van der Waals surface area contributed by atoms with E-state index in [2.05, 4.69) is 25.3 Å². The molecule has 2 N–H and O–H groups in total. The molecule has 0 atom stereocenters. The molecule has 0 saturated carbocycles. The average Bonchev–Trinajstić information content (AvgIpc) is 2.85. The quantitative estimate of drug-likeness (QED) is 0.635. The van der Waals surface area contributed by atoms with Crippen LogP contribution in [0, 0.1) is 0 Å². The van der Waals surface area contributed by atoms with Crippen LogP contribution in [0.4, 0.5) is 5.95 Å². The first-order valence-corrected chi connectivity index (χ1v) is 6.30. The van der Waals surface area contributed by atoms with Crippen LogP contribution in [0.25, 0.3) is 11.2 Å². The summed E-state index contributed by atoms with van der Waals surface area (Å²) < 4.78 is 4.72. The molecule has 0 radical (unpaired) electrons. The Balaban J connectivity index is 1.97. The maximum atomic E-state index is 11.6. The van der Waals surface area contributed by atoms with Crippen LogP contribution < -0.4 is 5.32 Å². The van der Waals surface area contributed by atoms with E-state index in [1.54, 1.807) is 6.92 Å². The number of nitrogens with zero attached hydrogens (tertiary/aromatic N) is 3. The van der Waals surface area contributed by atoms with Gasteiger partial charge in [-0.1, -0.05) is 11.6 Å². The SMILES string of the molecule is CCOC(=O)CCC(=O)Nc1nc(Cl)c2[nH]cnc2n1. The van der Waals surface area contributed by atoms with Crippen LogP contribution in [-0.4, -0.2) is 38.4 Å². The molecule has 0 spiro atoms. The zero-order valence-electron chi connectivity index (χ0n) is 10.6. The van der Waals surface area contributed by atoms with Crippen molar-refractivity contribution in [3.63, 3.8) is 0 Å². The lowest BCUT2D eigenvalue weighted by atomic mass is 10.3. The van der Waals surface area contributed by atoms with Gasteiger partial charge in [0.2, 0.25) is 11.9 Å². The highest BCUT2D eigenvalue weighted by molar-refractivity contribution is 6.33. The van der Waals surface area contributed by atoms with Gasteiger partial charge in [-0.15, -0.1) is 0 Å². The van der Waals surface area contributed by atoms with E-state index in [0.29, 0.717) is 11.2 Å². The van der Waals surface area contributed by atoms with E-state index in [0.717, 1.165) is 0 Å². The molecule has 2 aromatic rings. The predicted octanol–water partition coefficient (Wildman–Crippen LogP) is 1.29. The van der Waals surface area contributed by atoms with Crippen molar-refractivity contribution in [2.45, 2.75) is 19.8 Å². The first-order chi connectivity index (χ1) is 9.60. The molecule has 106 valence electrons. The van der Waals surface area contributed by atoms with Gasteiger partial charge in [-0.25, -0.2) is 4.98 Å². The van der Waals surface area contributed by atoms with Crippen molar-refractivity contribution in [3.8, 4) is 0 Å². The maximum Gasteiger partial charge on any atom is 0.306 e. The standard InChI is InChI=1S/C11H12ClN5O3/c1-2-20-7(19)4-3-6(18)15-11-16-9(12)8-10(17-11)14-5-13-8/h5H,2-4H2,1H3,(H2,13,14,15,16,17,18). The predicted molar refractivity (Wildman–Crippen MR) is 71.2 cm³/mol.